The summed E-state index contributed by atoms with van der Waals surface area (Å²) in [6.45, 7) is 1.92. The SMILES string of the molecule is CCOC(=O)NNC(=O)COC1CCCCC1. The van der Waals surface area contributed by atoms with Gasteiger partial charge in [0.25, 0.3) is 5.91 Å². The van der Waals surface area contributed by atoms with Gasteiger partial charge in [-0.05, 0) is 19.8 Å². The summed E-state index contributed by atoms with van der Waals surface area (Å²) < 4.78 is 10.0. The lowest BCUT2D eigenvalue weighted by Gasteiger charge is -2.21. The second-order valence-corrected chi connectivity index (χ2v) is 3.96. The predicted molar refractivity (Wildman–Crippen MR) is 61.1 cm³/mol. The number of rotatable bonds is 4. The molecule has 0 aromatic carbocycles. The fourth-order valence-electron chi connectivity index (χ4n) is 1.75. The van der Waals surface area contributed by atoms with Crippen molar-refractivity contribution in [1.82, 2.24) is 10.9 Å². The highest BCUT2D eigenvalue weighted by Crippen LogP contribution is 2.19. The van der Waals surface area contributed by atoms with Crippen LogP contribution in [0.4, 0.5) is 4.79 Å². The summed E-state index contributed by atoms with van der Waals surface area (Å²) >= 11 is 0. The van der Waals surface area contributed by atoms with E-state index in [2.05, 4.69) is 15.6 Å². The Morgan fingerprint density at radius 3 is 2.53 bits per heavy atom. The highest BCUT2D eigenvalue weighted by molar-refractivity contribution is 5.79. The monoisotopic (exact) mass is 244 g/mol. The standard InChI is InChI=1S/C11H20N2O4/c1-2-16-11(15)13-12-10(14)8-17-9-6-4-3-5-7-9/h9H,2-8H2,1H3,(H,12,14)(H,13,15). The summed E-state index contributed by atoms with van der Waals surface area (Å²) in [5.74, 6) is -0.372. The lowest BCUT2D eigenvalue weighted by atomic mass is 9.98. The van der Waals surface area contributed by atoms with E-state index in [4.69, 9.17) is 4.74 Å². The van der Waals surface area contributed by atoms with E-state index < -0.39 is 6.09 Å². The Bertz CT molecular complexity index is 252. The molecule has 6 heteroatoms. The van der Waals surface area contributed by atoms with Crippen LogP contribution in [0.1, 0.15) is 39.0 Å². The van der Waals surface area contributed by atoms with Gasteiger partial charge in [-0.2, -0.15) is 0 Å². The van der Waals surface area contributed by atoms with E-state index in [0.717, 1.165) is 25.7 Å². The summed E-state index contributed by atoms with van der Waals surface area (Å²) in [5, 5.41) is 0. The van der Waals surface area contributed by atoms with Crippen molar-refractivity contribution in [1.29, 1.82) is 0 Å². The molecular weight excluding hydrogens is 224 g/mol. The Morgan fingerprint density at radius 2 is 1.88 bits per heavy atom. The maximum Gasteiger partial charge on any atom is 0.426 e. The molecule has 2 N–H and O–H groups in total. The number of hydrazine groups is 1. The van der Waals surface area contributed by atoms with E-state index in [0.29, 0.717) is 0 Å². The zero-order valence-corrected chi connectivity index (χ0v) is 10.2. The lowest BCUT2D eigenvalue weighted by molar-refractivity contribution is -0.129. The molecule has 1 aliphatic carbocycles. The van der Waals surface area contributed by atoms with Gasteiger partial charge in [-0.3, -0.25) is 10.2 Å². The zero-order chi connectivity index (χ0) is 12.5. The first-order chi connectivity index (χ1) is 8.22. The molecule has 1 rings (SSSR count). The van der Waals surface area contributed by atoms with Crippen molar-refractivity contribution in [3.8, 4) is 0 Å². The van der Waals surface area contributed by atoms with Gasteiger partial charge in [0, 0.05) is 0 Å². The fraction of sp³-hybridized carbons (Fsp3) is 0.818. The van der Waals surface area contributed by atoms with E-state index in [1.165, 1.54) is 6.42 Å². The Labute approximate surface area is 101 Å². The van der Waals surface area contributed by atoms with Gasteiger partial charge in [0.15, 0.2) is 0 Å². The Hall–Kier alpha value is -1.30. The number of carbonyl (C=O) groups is 2. The molecule has 0 saturated heterocycles. The molecule has 98 valence electrons. The second-order valence-electron chi connectivity index (χ2n) is 3.96. The molecule has 2 amide bonds. The molecule has 0 spiro atoms. The van der Waals surface area contributed by atoms with Crippen molar-refractivity contribution in [2.24, 2.45) is 0 Å². The first-order valence-corrected chi connectivity index (χ1v) is 6.05. The van der Waals surface area contributed by atoms with Crippen LogP contribution >= 0.6 is 0 Å². The molecule has 6 nitrogen and oxygen atoms in total. The molecule has 0 unspecified atom stereocenters. The molecule has 1 saturated carbocycles. The average molecular weight is 244 g/mol. The third kappa shape index (κ3) is 6.11. The number of amides is 2. The molecule has 1 aliphatic rings. The van der Waals surface area contributed by atoms with Crippen LogP contribution in [0.3, 0.4) is 0 Å². The quantitative estimate of drug-likeness (QED) is 0.726. The van der Waals surface area contributed by atoms with E-state index in [9.17, 15) is 9.59 Å². The van der Waals surface area contributed by atoms with Crippen LogP contribution in [0.15, 0.2) is 0 Å². The smallest absolute Gasteiger partial charge is 0.426 e. The highest BCUT2D eigenvalue weighted by atomic mass is 16.6. The Morgan fingerprint density at radius 1 is 1.18 bits per heavy atom. The number of hydrogen-bond donors (Lipinski definition) is 2. The first-order valence-electron chi connectivity index (χ1n) is 6.05. The maximum absolute atomic E-state index is 11.3. The topological polar surface area (TPSA) is 76.7 Å². The summed E-state index contributed by atoms with van der Waals surface area (Å²) in [6, 6.07) is 0. The predicted octanol–water partition coefficient (Wildman–Crippen LogP) is 1.11. The van der Waals surface area contributed by atoms with Gasteiger partial charge in [-0.25, -0.2) is 10.2 Å². The number of ether oxygens (including phenoxy) is 2. The van der Waals surface area contributed by atoms with Gasteiger partial charge in [0.2, 0.25) is 0 Å². The molecule has 1 fully saturated rings. The van der Waals surface area contributed by atoms with E-state index >= 15 is 0 Å². The molecule has 0 aliphatic heterocycles. The van der Waals surface area contributed by atoms with Crippen LogP contribution < -0.4 is 10.9 Å². The van der Waals surface area contributed by atoms with Gasteiger partial charge in [0.05, 0.1) is 12.7 Å². The van der Waals surface area contributed by atoms with Crippen LogP contribution in [0.25, 0.3) is 0 Å². The minimum absolute atomic E-state index is 0.0307. The van der Waals surface area contributed by atoms with E-state index in [1.807, 2.05) is 0 Å². The van der Waals surface area contributed by atoms with Gasteiger partial charge >= 0.3 is 6.09 Å². The van der Waals surface area contributed by atoms with Gasteiger partial charge in [-0.15, -0.1) is 0 Å². The molecule has 0 heterocycles. The van der Waals surface area contributed by atoms with Crippen molar-refractivity contribution in [3.63, 3.8) is 0 Å². The van der Waals surface area contributed by atoms with Crippen molar-refractivity contribution in [2.45, 2.75) is 45.1 Å². The third-order valence-electron chi connectivity index (χ3n) is 2.58. The maximum atomic E-state index is 11.3. The molecule has 0 bridgehead atoms. The molecule has 0 atom stereocenters. The number of carbonyl (C=O) groups excluding carboxylic acids is 2. The molecule has 17 heavy (non-hydrogen) atoms. The van der Waals surface area contributed by atoms with Crippen molar-refractivity contribution >= 4 is 12.0 Å². The first kappa shape index (κ1) is 13.8. The highest BCUT2D eigenvalue weighted by Gasteiger charge is 2.15. The van der Waals surface area contributed by atoms with Crippen LogP contribution in [0, 0.1) is 0 Å². The van der Waals surface area contributed by atoms with Crippen LogP contribution in [-0.2, 0) is 14.3 Å². The number of nitrogens with one attached hydrogen (secondary N) is 2. The summed E-state index contributed by atoms with van der Waals surface area (Å²) in [5.41, 5.74) is 4.35. The van der Waals surface area contributed by atoms with E-state index in [-0.39, 0.29) is 25.2 Å². The minimum atomic E-state index is -0.668. The third-order valence-corrected chi connectivity index (χ3v) is 2.58. The molecular formula is C11H20N2O4. The van der Waals surface area contributed by atoms with Crippen molar-refractivity contribution in [2.75, 3.05) is 13.2 Å². The molecule has 0 aromatic rings. The second kappa shape index (κ2) is 7.89. The molecule has 0 radical (unpaired) electrons. The molecule has 0 aromatic heterocycles. The summed E-state index contributed by atoms with van der Waals surface area (Å²) in [7, 11) is 0. The Kier molecular flexibility index (Phi) is 6.39. The van der Waals surface area contributed by atoms with Crippen molar-refractivity contribution in [3.05, 3.63) is 0 Å². The minimum Gasteiger partial charge on any atom is -0.449 e. The van der Waals surface area contributed by atoms with Crippen LogP contribution in [0.2, 0.25) is 0 Å². The van der Waals surface area contributed by atoms with Crippen LogP contribution in [-0.4, -0.2) is 31.3 Å². The fourth-order valence-corrected chi connectivity index (χ4v) is 1.75. The lowest BCUT2D eigenvalue weighted by Crippen LogP contribution is -2.44. The largest absolute Gasteiger partial charge is 0.449 e. The van der Waals surface area contributed by atoms with Gasteiger partial charge in [0.1, 0.15) is 6.61 Å². The summed E-state index contributed by atoms with van der Waals surface area (Å²) in [6.07, 6.45) is 5.10. The van der Waals surface area contributed by atoms with E-state index in [1.54, 1.807) is 6.92 Å². The Balaban J connectivity index is 2.06. The van der Waals surface area contributed by atoms with Gasteiger partial charge < -0.3 is 9.47 Å². The normalized spacial score (nSPS) is 16.3. The average Bonchev–Trinajstić information content (AvgIpc) is 2.35. The van der Waals surface area contributed by atoms with Gasteiger partial charge in [-0.1, -0.05) is 19.3 Å². The van der Waals surface area contributed by atoms with Crippen molar-refractivity contribution < 1.29 is 19.1 Å². The number of hydrogen-bond acceptors (Lipinski definition) is 4. The van der Waals surface area contributed by atoms with Crippen LogP contribution in [0.5, 0.6) is 0 Å². The summed E-state index contributed by atoms with van der Waals surface area (Å²) in [4.78, 5) is 22.2. The zero-order valence-electron chi connectivity index (χ0n) is 10.2.